The quantitative estimate of drug-likeness (QED) is 0.0886. The van der Waals surface area contributed by atoms with Crippen LogP contribution in [0.5, 0.6) is 51.7 Å². The van der Waals surface area contributed by atoms with Crippen LogP contribution in [0.1, 0.15) is 0 Å². The third-order valence-electron chi connectivity index (χ3n) is 4.57. The van der Waals surface area contributed by atoms with Gasteiger partial charge in [-0.2, -0.15) is 0 Å². The lowest BCUT2D eigenvalue weighted by Crippen LogP contribution is -2.01. The molecule has 4 aromatic carbocycles. The van der Waals surface area contributed by atoms with Gasteiger partial charge in [-0.1, -0.05) is 12.1 Å². The molecule has 5 N–H and O–H groups in total. The number of halogens is 1. The van der Waals surface area contributed by atoms with Gasteiger partial charge in [-0.3, -0.25) is 9.78 Å². The van der Waals surface area contributed by atoms with Gasteiger partial charge in [0, 0.05) is 9.64 Å². The Balaban J connectivity index is 1.49. The van der Waals surface area contributed by atoms with Crippen LogP contribution >= 0.6 is 22.6 Å². The van der Waals surface area contributed by atoms with Crippen molar-refractivity contribution in [3.8, 4) is 62.9 Å². The Morgan fingerprint density at radius 2 is 1.03 bits per heavy atom. The maximum Gasteiger partial charge on any atom is 0.220 e. The van der Waals surface area contributed by atoms with Crippen LogP contribution in [0.25, 0.3) is 11.1 Å². The maximum absolute atomic E-state index is 10.3. The molecule has 33 heavy (non-hydrogen) atoms. The van der Waals surface area contributed by atoms with E-state index in [1.807, 2.05) is 22.6 Å². The standard InChI is InChI=1S/C24H17IO8/c25-15-3-8-24(21(30)11-15)33-32-23-7-2-14(10-20(23)29)13-1-6-22(19(28)9-13)31-16-4-5-17(26)18(27)12-16/h1-12,26-30H. The lowest BCUT2D eigenvalue weighted by atomic mass is 10.0. The zero-order chi connectivity index (χ0) is 23.5. The normalized spacial score (nSPS) is 10.6. The Morgan fingerprint density at radius 1 is 0.485 bits per heavy atom. The molecule has 0 fully saturated rings. The van der Waals surface area contributed by atoms with Gasteiger partial charge in [-0.05, 0) is 88.3 Å². The van der Waals surface area contributed by atoms with Crippen molar-refractivity contribution in [3.63, 3.8) is 0 Å². The van der Waals surface area contributed by atoms with E-state index in [1.54, 1.807) is 18.2 Å². The summed E-state index contributed by atoms with van der Waals surface area (Å²) in [7, 11) is 0. The molecule has 0 amide bonds. The van der Waals surface area contributed by atoms with Crippen molar-refractivity contribution in [1.82, 2.24) is 0 Å². The van der Waals surface area contributed by atoms with Crippen LogP contribution < -0.4 is 14.5 Å². The zero-order valence-corrected chi connectivity index (χ0v) is 18.9. The van der Waals surface area contributed by atoms with E-state index in [0.29, 0.717) is 11.1 Å². The highest BCUT2D eigenvalue weighted by Crippen LogP contribution is 2.39. The van der Waals surface area contributed by atoms with Gasteiger partial charge in [0.25, 0.3) is 0 Å². The minimum absolute atomic E-state index is 0.0352. The van der Waals surface area contributed by atoms with Gasteiger partial charge in [0.15, 0.2) is 34.5 Å². The molecule has 0 saturated carbocycles. The second-order valence-corrected chi connectivity index (χ2v) is 8.14. The molecule has 0 aliphatic rings. The van der Waals surface area contributed by atoms with Crippen molar-refractivity contribution < 1.29 is 40.0 Å². The van der Waals surface area contributed by atoms with Gasteiger partial charge in [0.1, 0.15) is 5.75 Å². The first-order valence-corrected chi connectivity index (χ1v) is 10.6. The average molecular weight is 560 g/mol. The van der Waals surface area contributed by atoms with Crippen molar-refractivity contribution in [3.05, 3.63) is 76.4 Å². The molecule has 4 rings (SSSR count). The molecule has 0 spiro atoms. The van der Waals surface area contributed by atoms with E-state index in [-0.39, 0.29) is 51.7 Å². The summed E-state index contributed by atoms with van der Waals surface area (Å²) in [5.41, 5.74) is 1.17. The molecule has 9 heteroatoms. The fraction of sp³-hybridized carbons (Fsp3) is 0. The monoisotopic (exact) mass is 560 g/mol. The van der Waals surface area contributed by atoms with E-state index in [0.717, 1.165) is 3.57 Å². The maximum atomic E-state index is 10.3. The lowest BCUT2D eigenvalue weighted by molar-refractivity contribution is -0.103. The van der Waals surface area contributed by atoms with Gasteiger partial charge in [-0.15, -0.1) is 0 Å². The number of benzene rings is 4. The van der Waals surface area contributed by atoms with Gasteiger partial charge in [0.05, 0.1) is 0 Å². The molecule has 0 aromatic heterocycles. The molecule has 168 valence electrons. The molecule has 0 unspecified atom stereocenters. The first-order valence-electron chi connectivity index (χ1n) is 9.49. The highest BCUT2D eigenvalue weighted by atomic mass is 127. The first-order chi connectivity index (χ1) is 15.8. The summed E-state index contributed by atoms with van der Waals surface area (Å²) < 4.78 is 6.37. The Kier molecular flexibility index (Phi) is 6.22. The summed E-state index contributed by atoms with van der Waals surface area (Å²) in [5.74, 6) is -0.607. The fourth-order valence-electron chi connectivity index (χ4n) is 2.90. The number of hydrogen-bond donors (Lipinski definition) is 5. The summed E-state index contributed by atoms with van der Waals surface area (Å²) in [4.78, 5) is 10.2. The smallest absolute Gasteiger partial charge is 0.220 e. The van der Waals surface area contributed by atoms with Crippen LogP contribution in [0.4, 0.5) is 0 Å². The molecule has 0 aliphatic carbocycles. The highest BCUT2D eigenvalue weighted by Gasteiger charge is 2.12. The molecule has 4 aromatic rings. The van der Waals surface area contributed by atoms with Crippen LogP contribution in [0, 0.1) is 3.57 Å². The Labute approximate surface area is 201 Å². The van der Waals surface area contributed by atoms with Crippen molar-refractivity contribution in [1.29, 1.82) is 0 Å². The van der Waals surface area contributed by atoms with Crippen LogP contribution in [0.3, 0.4) is 0 Å². The Bertz CT molecular complexity index is 1320. The van der Waals surface area contributed by atoms with Crippen molar-refractivity contribution in [2.24, 2.45) is 0 Å². The van der Waals surface area contributed by atoms with Crippen LogP contribution in [0.15, 0.2) is 72.8 Å². The van der Waals surface area contributed by atoms with Crippen molar-refractivity contribution in [2.45, 2.75) is 0 Å². The molecule has 0 aliphatic heterocycles. The number of phenols is 5. The molecule has 0 radical (unpaired) electrons. The van der Waals surface area contributed by atoms with Gasteiger partial charge >= 0.3 is 0 Å². The number of ether oxygens (including phenoxy) is 1. The third kappa shape index (κ3) is 5.09. The van der Waals surface area contributed by atoms with E-state index in [9.17, 15) is 25.5 Å². The Morgan fingerprint density at radius 3 is 1.58 bits per heavy atom. The highest BCUT2D eigenvalue weighted by molar-refractivity contribution is 14.1. The van der Waals surface area contributed by atoms with E-state index in [2.05, 4.69) is 0 Å². The van der Waals surface area contributed by atoms with Gasteiger partial charge in [0.2, 0.25) is 11.5 Å². The minimum atomic E-state index is -0.345. The molecule has 0 atom stereocenters. The van der Waals surface area contributed by atoms with E-state index >= 15 is 0 Å². The van der Waals surface area contributed by atoms with Crippen molar-refractivity contribution >= 4 is 22.6 Å². The van der Waals surface area contributed by atoms with E-state index in [1.165, 1.54) is 54.6 Å². The van der Waals surface area contributed by atoms with E-state index in [4.69, 9.17) is 14.5 Å². The molecule has 0 bridgehead atoms. The van der Waals surface area contributed by atoms with Gasteiger partial charge in [-0.25, -0.2) is 0 Å². The lowest BCUT2D eigenvalue weighted by Gasteiger charge is -2.12. The molecule has 0 heterocycles. The number of hydrogen-bond acceptors (Lipinski definition) is 8. The summed E-state index contributed by atoms with van der Waals surface area (Å²) in [5, 5.41) is 49.5. The molecule has 0 saturated heterocycles. The van der Waals surface area contributed by atoms with Crippen LogP contribution in [0.2, 0.25) is 0 Å². The summed E-state index contributed by atoms with van der Waals surface area (Å²) in [6.07, 6.45) is 0. The predicted octanol–water partition coefficient (Wildman–Crippen LogP) is 5.65. The molecule has 8 nitrogen and oxygen atoms in total. The number of rotatable bonds is 6. The Hall–Kier alpha value is -3.99. The molecular formula is C24H17IO8. The second kappa shape index (κ2) is 9.25. The SMILES string of the molecule is Oc1ccc(Oc2ccc(-c3ccc(OOc4ccc(I)cc4O)c(O)c3)cc2O)cc1O. The first kappa shape index (κ1) is 22.2. The number of phenolic OH excluding ortho intramolecular Hbond substituents is 5. The van der Waals surface area contributed by atoms with Crippen LogP contribution in [-0.4, -0.2) is 25.5 Å². The minimum Gasteiger partial charge on any atom is -0.504 e. The second-order valence-electron chi connectivity index (χ2n) is 6.90. The van der Waals surface area contributed by atoms with Crippen LogP contribution in [-0.2, 0) is 0 Å². The summed E-state index contributed by atoms with van der Waals surface area (Å²) in [6.45, 7) is 0. The third-order valence-corrected chi connectivity index (χ3v) is 5.24. The average Bonchev–Trinajstić information content (AvgIpc) is 2.78. The van der Waals surface area contributed by atoms with Gasteiger partial charge < -0.3 is 30.3 Å². The fourth-order valence-corrected chi connectivity index (χ4v) is 3.37. The summed E-state index contributed by atoms with van der Waals surface area (Å²) >= 11 is 2.05. The molecular weight excluding hydrogens is 543 g/mol. The predicted molar refractivity (Wildman–Crippen MR) is 127 cm³/mol. The topological polar surface area (TPSA) is 129 Å². The van der Waals surface area contributed by atoms with E-state index < -0.39 is 0 Å². The number of aromatic hydroxyl groups is 5. The zero-order valence-electron chi connectivity index (χ0n) is 16.8. The summed E-state index contributed by atoms with van der Waals surface area (Å²) in [6, 6.07) is 17.9. The largest absolute Gasteiger partial charge is 0.504 e. The van der Waals surface area contributed by atoms with Crippen molar-refractivity contribution in [2.75, 3.05) is 0 Å².